The smallest absolute Gasteiger partial charge is 0.209 e. The minimum atomic E-state index is -0.417. The minimum absolute atomic E-state index is 0.417. The van der Waals surface area contributed by atoms with Gasteiger partial charge in [-0.3, -0.25) is 0 Å². The molecule has 1 heterocycles. The third-order valence-electron chi connectivity index (χ3n) is 1.07. The maximum atomic E-state index is 5.48. The predicted octanol–water partition coefficient (Wildman–Crippen LogP) is 0.873. The van der Waals surface area contributed by atoms with Crippen molar-refractivity contribution in [3.05, 3.63) is 0 Å². The van der Waals surface area contributed by atoms with Crippen molar-refractivity contribution >= 4 is 28.4 Å². The molecule has 0 fully saturated rings. The fourth-order valence-electron chi connectivity index (χ4n) is 0.687. The predicted molar refractivity (Wildman–Crippen MR) is 44.6 cm³/mol. The molecule has 0 aromatic rings. The zero-order valence-corrected chi connectivity index (χ0v) is 7.38. The van der Waals surface area contributed by atoms with Gasteiger partial charge in [0.05, 0.1) is 6.61 Å². The number of halogens is 1. The largest absolute Gasteiger partial charge is 0.387 e. The summed E-state index contributed by atoms with van der Waals surface area (Å²) in [5.41, 5.74) is 5.48. The van der Waals surface area contributed by atoms with Gasteiger partial charge >= 0.3 is 0 Å². The molecule has 3 nitrogen and oxygen atoms in total. The fraction of sp³-hybridized carbons (Fsp3) is 0.800. The summed E-state index contributed by atoms with van der Waals surface area (Å²) >= 11 is 2.12. The van der Waals surface area contributed by atoms with E-state index >= 15 is 0 Å². The summed E-state index contributed by atoms with van der Waals surface area (Å²) in [5, 5.41) is 0. The monoisotopic (exact) mass is 240 g/mol. The van der Waals surface area contributed by atoms with Crippen LogP contribution in [0.3, 0.4) is 0 Å². The number of rotatable bonds is 0. The van der Waals surface area contributed by atoms with Gasteiger partial charge in [-0.1, -0.05) is 0 Å². The molecule has 0 aromatic heterocycles. The second-order valence-electron chi connectivity index (χ2n) is 2.07. The lowest BCUT2D eigenvalue weighted by molar-refractivity contribution is 0.0547. The lowest BCUT2D eigenvalue weighted by Gasteiger charge is -2.23. The number of hydrogen-bond donors (Lipinski definition) is 1. The van der Waals surface area contributed by atoms with Crippen molar-refractivity contribution in [2.24, 2.45) is 10.7 Å². The van der Waals surface area contributed by atoms with Crippen LogP contribution in [0.1, 0.15) is 13.3 Å². The van der Waals surface area contributed by atoms with E-state index in [-0.39, 0.29) is 0 Å². The molecule has 1 atom stereocenters. The first-order valence-electron chi connectivity index (χ1n) is 2.77. The number of amidine groups is 1. The van der Waals surface area contributed by atoms with Crippen LogP contribution in [-0.2, 0) is 4.74 Å². The Kier molecular flexibility index (Phi) is 1.95. The molecule has 0 saturated carbocycles. The van der Waals surface area contributed by atoms with Gasteiger partial charge in [-0.05, 0) is 29.5 Å². The summed E-state index contributed by atoms with van der Waals surface area (Å²) in [6.45, 7) is 2.58. The van der Waals surface area contributed by atoms with Crippen LogP contribution >= 0.6 is 22.6 Å². The summed E-state index contributed by atoms with van der Waals surface area (Å²) in [5.74, 6) is 0.693. The third-order valence-corrected chi connectivity index (χ3v) is 1.62. The van der Waals surface area contributed by atoms with Gasteiger partial charge < -0.3 is 10.5 Å². The van der Waals surface area contributed by atoms with Crippen LogP contribution in [-0.4, -0.2) is 16.2 Å². The zero-order valence-electron chi connectivity index (χ0n) is 5.22. The first kappa shape index (κ1) is 7.27. The molecule has 52 valence electrons. The third kappa shape index (κ3) is 2.09. The van der Waals surface area contributed by atoms with E-state index < -0.39 is 3.73 Å². The minimum Gasteiger partial charge on any atom is -0.387 e. The Morgan fingerprint density at radius 2 is 2.56 bits per heavy atom. The first-order valence-corrected chi connectivity index (χ1v) is 3.85. The number of hydrogen-bond acceptors (Lipinski definition) is 3. The van der Waals surface area contributed by atoms with E-state index in [1.54, 1.807) is 0 Å². The summed E-state index contributed by atoms with van der Waals surface area (Å²) in [6.07, 6.45) is 0.762. The highest BCUT2D eigenvalue weighted by Gasteiger charge is 2.22. The zero-order chi connectivity index (χ0) is 6.91. The van der Waals surface area contributed by atoms with Gasteiger partial charge in [-0.15, -0.1) is 0 Å². The van der Waals surface area contributed by atoms with Gasteiger partial charge in [0.2, 0.25) is 3.73 Å². The number of alkyl halides is 1. The van der Waals surface area contributed by atoms with Crippen LogP contribution in [0.5, 0.6) is 0 Å². The van der Waals surface area contributed by atoms with Gasteiger partial charge in [0.15, 0.2) is 0 Å². The summed E-state index contributed by atoms with van der Waals surface area (Å²) < 4.78 is 4.84. The fourth-order valence-corrected chi connectivity index (χ4v) is 1.22. The maximum absolute atomic E-state index is 5.48. The van der Waals surface area contributed by atoms with Crippen molar-refractivity contribution in [2.75, 3.05) is 6.61 Å². The molecule has 1 rings (SSSR count). The van der Waals surface area contributed by atoms with Crippen LogP contribution in [0.25, 0.3) is 0 Å². The molecule has 1 aliphatic rings. The van der Waals surface area contributed by atoms with Crippen molar-refractivity contribution in [1.29, 1.82) is 0 Å². The van der Waals surface area contributed by atoms with E-state index in [0.29, 0.717) is 12.4 Å². The quantitative estimate of drug-likeness (QED) is 0.388. The normalized spacial score (nSPS) is 36.0. The van der Waals surface area contributed by atoms with Crippen molar-refractivity contribution < 1.29 is 4.74 Å². The van der Waals surface area contributed by atoms with Crippen LogP contribution in [0, 0.1) is 0 Å². The van der Waals surface area contributed by atoms with E-state index in [1.165, 1.54) is 0 Å². The van der Waals surface area contributed by atoms with Crippen LogP contribution < -0.4 is 5.73 Å². The number of nitrogens with zero attached hydrogens (tertiary/aromatic N) is 1. The Labute approximate surface area is 67.8 Å². The Hall–Kier alpha value is 0.160. The molecule has 0 aliphatic carbocycles. The lowest BCUT2D eigenvalue weighted by Crippen LogP contribution is -2.30. The Morgan fingerprint density at radius 3 is 2.89 bits per heavy atom. The molecule has 9 heavy (non-hydrogen) atoms. The lowest BCUT2D eigenvalue weighted by atomic mass is 10.4. The Bertz CT molecular complexity index is 144. The van der Waals surface area contributed by atoms with E-state index in [0.717, 1.165) is 6.42 Å². The molecule has 0 radical (unpaired) electrons. The van der Waals surface area contributed by atoms with Crippen LogP contribution in [0.15, 0.2) is 4.99 Å². The standard InChI is InChI=1S/C5H9IN2O/c1-5(6)8-4(7)2-3-9-5/h2-3H2,1H3,(H2,7,8). The molecule has 0 spiro atoms. The number of aliphatic imine (C=N–C) groups is 1. The maximum Gasteiger partial charge on any atom is 0.209 e. The van der Waals surface area contributed by atoms with Crippen molar-refractivity contribution in [2.45, 2.75) is 17.1 Å². The van der Waals surface area contributed by atoms with Crippen LogP contribution in [0.4, 0.5) is 0 Å². The molecule has 0 saturated heterocycles. The number of nitrogens with two attached hydrogens (primary N) is 1. The molecule has 0 amide bonds. The molecular formula is C5H9IN2O. The first-order chi connectivity index (χ1) is 4.10. The van der Waals surface area contributed by atoms with E-state index in [9.17, 15) is 0 Å². The average Bonchev–Trinajstić information content (AvgIpc) is 1.60. The molecule has 1 unspecified atom stereocenters. The topological polar surface area (TPSA) is 47.6 Å². The second kappa shape index (κ2) is 2.42. The van der Waals surface area contributed by atoms with Gasteiger partial charge in [-0.25, -0.2) is 4.99 Å². The number of ether oxygens (including phenoxy) is 1. The summed E-state index contributed by atoms with van der Waals surface area (Å²) in [7, 11) is 0. The molecule has 0 bridgehead atoms. The molecule has 1 aliphatic heterocycles. The van der Waals surface area contributed by atoms with E-state index in [2.05, 4.69) is 27.6 Å². The van der Waals surface area contributed by atoms with Crippen LogP contribution in [0.2, 0.25) is 0 Å². The second-order valence-corrected chi connectivity index (χ2v) is 4.07. The van der Waals surface area contributed by atoms with Crippen molar-refractivity contribution in [3.8, 4) is 0 Å². The van der Waals surface area contributed by atoms with Crippen molar-refractivity contribution in [1.82, 2.24) is 0 Å². The Balaban J connectivity index is 2.68. The van der Waals surface area contributed by atoms with Gasteiger partial charge in [0.25, 0.3) is 0 Å². The SMILES string of the molecule is CC1(I)N=C(N)CCO1. The molecular weight excluding hydrogens is 231 g/mol. The average molecular weight is 240 g/mol. The molecule has 4 heteroatoms. The summed E-state index contributed by atoms with van der Waals surface area (Å²) in [4.78, 5) is 4.07. The Morgan fingerprint density at radius 1 is 1.89 bits per heavy atom. The van der Waals surface area contributed by atoms with Gasteiger partial charge in [-0.2, -0.15) is 0 Å². The van der Waals surface area contributed by atoms with Crippen molar-refractivity contribution in [3.63, 3.8) is 0 Å². The highest BCUT2D eigenvalue weighted by Crippen LogP contribution is 2.24. The van der Waals surface area contributed by atoms with Gasteiger partial charge in [0, 0.05) is 6.42 Å². The summed E-state index contributed by atoms with van der Waals surface area (Å²) in [6, 6.07) is 0. The van der Waals surface area contributed by atoms with Gasteiger partial charge in [0.1, 0.15) is 5.84 Å². The molecule has 2 N–H and O–H groups in total. The molecule has 0 aromatic carbocycles. The highest BCUT2D eigenvalue weighted by atomic mass is 127. The van der Waals surface area contributed by atoms with E-state index in [4.69, 9.17) is 10.5 Å². The highest BCUT2D eigenvalue weighted by molar-refractivity contribution is 14.1. The van der Waals surface area contributed by atoms with E-state index in [1.807, 2.05) is 6.92 Å².